The number of benzene rings is 2. The van der Waals surface area contributed by atoms with E-state index < -0.39 is 11.6 Å². The molecule has 0 aliphatic heterocycles. The molecule has 0 radical (unpaired) electrons. The highest BCUT2D eigenvalue weighted by Gasteiger charge is 2.35. The summed E-state index contributed by atoms with van der Waals surface area (Å²) in [5.74, 6) is -0.538. The fourth-order valence-electron chi connectivity index (χ4n) is 3.94. The molecule has 0 unspecified atom stereocenters. The number of pyridine rings is 1. The molecule has 0 spiro atoms. The van der Waals surface area contributed by atoms with Gasteiger partial charge in [-0.3, -0.25) is 19.5 Å². The van der Waals surface area contributed by atoms with Crippen molar-refractivity contribution in [3.05, 3.63) is 84.2 Å². The summed E-state index contributed by atoms with van der Waals surface area (Å²) in [5, 5.41) is 11.5. The number of aromatic nitrogens is 4. The van der Waals surface area contributed by atoms with Crippen LogP contribution in [0.2, 0.25) is 0 Å². The molecule has 2 heterocycles. The average molecular weight is 471 g/mol. The maximum absolute atomic E-state index is 14.0. The molecule has 1 atom stereocenters. The van der Waals surface area contributed by atoms with Crippen LogP contribution in [0.15, 0.2) is 73.1 Å². The first-order valence-electron chi connectivity index (χ1n) is 11.7. The molecular weight excluding hydrogens is 440 g/mol. The molecule has 2 amide bonds. The maximum atomic E-state index is 14.0. The molecule has 2 aromatic heterocycles. The van der Waals surface area contributed by atoms with E-state index in [1.54, 1.807) is 34.1 Å². The van der Waals surface area contributed by atoms with Gasteiger partial charge in [-0.15, -0.1) is 5.10 Å². The Hall–Kier alpha value is -4.07. The van der Waals surface area contributed by atoms with Gasteiger partial charge < -0.3 is 5.32 Å². The minimum Gasteiger partial charge on any atom is -0.349 e. The van der Waals surface area contributed by atoms with Gasteiger partial charge in [0, 0.05) is 23.6 Å². The van der Waals surface area contributed by atoms with E-state index in [2.05, 4.69) is 20.6 Å². The van der Waals surface area contributed by atoms with E-state index in [0.29, 0.717) is 16.8 Å². The van der Waals surface area contributed by atoms with Crippen LogP contribution in [0.3, 0.4) is 0 Å². The van der Waals surface area contributed by atoms with E-state index in [-0.39, 0.29) is 18.4 Å². The van der Waals surface area contributed by atoms with E-state index in [0.717, 1.165) is 17.5 Å². The first-order valence-corrected chi connectivity index (χ1v) is 11.7. The molecule has 1 N–H and O–H groups in total. The van der Waals surface area contributed by atoms with Crippen LogP contribution < -0.4 is 10.2 Å². The SMILES string of the molecule is CCC(C)(C)NC(=O)[C@@H](c1ccncc1)N(C(=O)Cn1nnc2ccccc21)c1ccccc1C. The van der Waals surface area contributed by atoms with Crippen LogP contribution in [0.1, 0.15) is 44.4 Å². The van der Waals surface area contributed by atoms with Gasteiger partial charge in [-0.1, -0.05) is 42.5 Å². The molecule has 4 rings (SSSR count). The van der Waals surface area contributed by atoms with E-state index in [9.17, 15) is 9.59 Å². The Bertz CT molecular complexity index is 1330. The summed E-state index contributed by atoms with van der Waals surface area (Å²) in [6, 6.07) is 17.7. The molecular formula is C27H30N6O2. The van der Waals surface area contributed by atoms with E-state index in [1.807, 2.05) is 76.2 Å². The van der Waals surface area contributed by atoms with Crippen LogP contribution in [0.5, 0.6) is 0 Å². The standard InChI is InChI=1S/C27H30N6O2/c1-5-27(3,4)29-26(35)25(20-14-16-28-17-15-20)33(22-12-8-6-10-19(22)2)24(34)18-32-23-13-9-7-11-21(23)30-31-32/h6-17,25H,5,18H2,1-4H3,(H,29,35)/t25-/m1/s1. The average Bonchev–Trinajstić information content (AvgIpc) is 3.26. The topological polar surface area (TPSA) is 93.0 Å². The van der Waals surface area contributed by atoms with Crippen molar-refractivity contribution in [3.63, 3.8) is 0 Å². The van der Waals surface area contributed by atoms with E-state index in [1.165, 1.54) is 0 Å². The number of hydrogen-bond acceptors (Lipinski definition) is 5. The molecule has 8 heteroatoms. The number of amides is 2. The fourth-order valence-corrected chi connectivity index (χ4v) is 3.94. The molecule has 180 valence electrons. The summed E-state index contributed by atoms with van der Waals surface area (Å²) in [6.45, 7) is 7.81. The van der Waals surface area contributed by atoms with Crippen LogP contribution in [0, 0.1) is 6.92 Å². The summed E-state index contributed by atoms with van der Waals surface area (Å²) < 4.78 is 1.57. The number of aryl methyl sites for hydroxylation is 1. The molecule has 0 fully saturated rings. The Kier molecular flexibility index (Phi) is 6.91. The lowest BCUT2D eigenvalue weighted by molar-refractivity contribution is -0.128. The third-order valence-corrected chi connectivity index (χ3v) is 6.22. The van der Waals surface area contributed by atoms with Gasteiger partial charge in [0.1, 0.15) is 18.1 Å². The number of rotatable bonds is 8. The molecule has 0 saturated carbocycles. The maximum Gasteiger partial charge on any atom is 0.249 e. The zero-order valence-corrected chi connectivity index (χ0v) is 20.5. The summed E-state index contributed by atoms with van der Waals surface area (Å²) in [4.78, 5) is 33.5. The Morgan fingerprint density at radius 3 is 2.43 bits per heavy atom. The lowest BCUT2D eigenvalue weighted by Gasteiger charge is -2.35. The van der Waals surface area contributed by atoms with Crippen LogP contribution >= 0.6 is 0 Å². The molecule has 8 nitrogen and oxygen atoms in total. The number of fused-ring (bicyclic) bond motifs is 1. The second kappa shape index (κ2) is 10.0. The number of carbonyl (C=O) groups is 2. The molecule has 35 heavy (non-hydrogen) atoms. The molecule has 0 bridgehead atoms. The van der Waals surface area contributed by atoms with Gasteiger partial charge in [-0.05, 0) is 68.7 Å². The molecule has 2 aromatic carbocycles. The number of nitrogens with one attached hydrogen (secondary N) is 1. The van der Waals surface area contributed by atoms with Crippen molar-refractivity contribution < 1.29 is 9.59 Å². The van der Waals surface area contributed by atoms with Crippen molar-refractivity contribution in [2.45, 2.75) is 52.2 Å². The summed E-state index contributed by atoms with van der Waals surface area (Å²) in [5.41, 5.74) is 3.23. The molecule has 0 saturated heterocycles. The van der Waals surface area contributed by atoms with Crippen molar-refractivity contribution in [1.29, 1.82) is 0 Å². The lowest BCUT2D eigenvalue weighted by Crippen LogP contribution is -2.51. The number of anilines is 1. The first kappa shape index (κ1) is 24.1. The third-order valence-electron chi connectivity index (χ3n) is 6.22. The van der Waals surface area contributed by atoms with Crippen LogP contribution in [-0.2, 0) is 16.1 Å². The summed E-state index contributed by atoms with van der Waals surface area (Å²) in [7, 11) is 0. The Morgan fingerprint density at radius 2 is 1.71 bits per heavy atom. The minimum atomic E-state index is -0.896. The van der Waals surface area contributed by atoms with Gasteiger partial charge in [-0.25, -0.2) is 4.68 Å². The van der Waals surface area contributed by atoms with Crippen molar-refractivity contribution >= 4 is 28.5 Å². The summed E-state index contributed by atoms with van der Waals surface area (Å²) in [6.07, 6.45) is 4.00. The second-order valence-electron chi connectivity index (χ2n) is 9.20. The highest BCUT2D eigenvalue weighted by Crippen LogP contribution is 2.31. The second-order valence-corrected chi connectivity index (χ2v) is 9.20. The molecule has 0 aliphatic rings. The number of para-hydroxylation sites is 2. The van der Waals surface area contributed by atoms with Gasteiger partial charge >= 0.3 is 0 Å². The van der Waals surface area contributed by atoms with Gasteiger partial charge in [-0.2, -0.15) is 0 Å². The quantitative estimate of drug-likeness (QED) is 0.416. The Labute approximate surface area is 205 Å². The van der Waals surface area contributed by atoms with Crippen molar-refractivity contribution in [2.24, 2.45) is 0 Å². The first-order chi connectivity index (χ1) is 16.8. The minimum absolute atomic E-state index is 0.0686. The monoisotopic (exact) mass is 470 g/mol. The van der Waals surface area contributed by atoms with E-state index in [4.69, 9.17) is 0 Å². The zero-order valence-electron chi connectivity index (χ0n) is 20.5. The highest BCUT2D eigenvalue weighted by atomic mass is 16.2. The predicted molar refractivity (Wildman–Crippen MR) is 136 cm³/mol. The summed E-state index contributed by atoms with van der Waals surface area (Å²) >= 11 is 0. The zero-order chi connectivity index (χ0) is 25.0. The third kappa shape index (κ3) is 5.21. The van der Waals surface area contributed by atoms with Crippen LogP contribution in [-0.4, -0.2) is 37.3 Å². The van der Waals surface area contributed by atoms with Gasteiger partial charge in [0.25, 0.3) is 0 Å². The predicted octanol–water partition coefficient (Wildman–Crippen LogP) is 4.21. The largest absolute Gasteiger partial charge is 0.349 e. The van der Waals surface area contributed by atoms with Crippen molar-refractivity contribution in [1.82, 2.24) is 25.3 Å². The Balaban J connectivity index is 1.82. The fraction of sp³-hybridized carbons (Fsp3) is 0.296. The van der Waals surface area contributed by atoms with Crippen LogP contribution in [0.25, 0.3) is 11.0 Å². The van der Waals surface area contributed by atoms with Crippen LogP contribution in [0.4, 0.5) is 5.69 Å². The smallest absolute Gasteiger partial charge is 0.249 e. The number of carbonyl (C=O) groups excluding carboxylic acids is 2. The van der Waals surface area contributed by atoms with Gasteiger partial charge in [0.2, 0.25) is 11.8 Å². The van der Waals surface area contributed by atoms with Crippen molar-refractivity contribution in [3.8, 4) is 0 Å². The van der Waals surface area contributed by atoms with Gasteiger partial charge in [0.05, 0.1) is 5.52 Å². The molecule has 0 aliphatic carbocycles. The Morgan fingerprint density at radius 1 is 1.03 bits per heavy atom. The normalized spacial score (nSPS) is 12.3. The lowest BCUT2D eigenvalue weighted by atomic mass is 9.98. The highest BCUT2D eigenvalue weighted by molar-refractivity contribution is 6.02. The van der Waals surface area contributed by atoms with E-state index >= 15 is 0 Å². The van der Waals surface area contributed by atoms with Gasteiger partial charge in [0.15, 0.2) is 0 Å². The number of hydrogen-bond donors (Lipinski definition) is 1. The molecule has 4 aromatic rings. The number of nitrogens with zero attached hydrogens (tertiary/aromatic N) is 5. The van der Waals surface area contributed by atoms with Crippen molar-refractivity contribution in [2.75, 3.05) is 4.90 Å².